The van der Waals surface area contributed by atoms with Crippen LogP contribution in [0.3, 0.4) is 0 Å². The number of nitrogens with two attached hydrogens (primary N) is 1. The molecule has 0 spiro atoms. The Morgan fingerprint density at radius 1 is 1.16 bits per heavy atom. The topological polar surface area (TPSA) is 110 Å². The van der Waals surface area contributed by atoms with E-state index in [-0.39, 0.29) is 11.3 Å². The van der Waals surface area contributed by atoms with Crippen molar-refractivity contribution in [3.63, 3.8) is 0 Å². The molecule has 1 aromatic heterocycles. The van der Waals surface area contributed by atoms with Gasteiger partial charge in [0.25, 0.3) is 5.91 Å². The van der Waals surface area contributed by atoms with Crippen molar-refractivity contribution in [2.24, 2.45) is 5.73 Å². The number of benzene rings is 1. The number of carbonyl (C=O) groups is 2. The summed E-state index contributed by atoms with van der Waals surface area (Å²) in [5.74, 6) is -3.87. The minimum Gasteiger partial charge on any atom is -0.465 e. The van der Waals surface area contributed by atoms with Crippen molar-refractivity contribution < 1.29 is 23.1 Å². The normalized spacial score (nSPS) is 15.5. The van der Waals surface area contributed by atoms with Crippen LogP contribution >= 0.6 is 0 Å². The van der Waals surface area contributed by atoms with Gasteiger partial charge in [0.15, 0.2) is 23.1 Å². The largest absolute Gasteiger partial charge is 0.465 e. The quantitative estimate of drug-likeness (QED) is 0.721. The van der Waals surface area contributed by atoms with E-state index >= 15 is 0 Å². The van der Waals surface area contributed by atoms with E-state index in [9.17, 15) is 18.4 Å². The number of nitrogens with zero attached hydrogens (tertiary/aromatic N) is 3. The van der Waals surface area contributed by atoms with Crippen molar-refractivity contribution in [2.45, 2.75) is 25.7 Å². The molecule has 2 bridgehead atoms. The zero-order valence-corrected chi connectivity index (χ0v) is 16.6. The summed E-state index contributed by atoms with van der Waals surface area (Å²) >= 11 is 0. The molecule has 0 atom stereocenters. The van der Waals surface area contributed by atoms with Crippen LogP contribution < -0.4 is 16.0 Å². The van der Waals surface area contributed by atoms with Crippen molar-refractivity contribution >= 4 is 23.4 Å². The molecule has 3 N–H and O–H groups in total. The number of hydrogen-bond acceptors (Lipinski definition) is 7. The molecule has 2 aromatic rings. The number of anilines is 2. The molecule has 3 heterocycles. The van der Waals surface area contributed by atoms with Crippen LogP contribution in [-0.4, -0.2) is 29.2 Å². The van der Waals surface area contributed by atoms with Crippen LogP contribution in [0.15, 0.2) is 47.4 Å². The molecule has 10 heteroatoms. The first-order chi connectivity index (χ1) is 14.9. The number of piperidine rings is 1. The van der Waals surface area contributed by atoms with Crippen LogP contribution in [0.25, 0.3) is 0 Å². The number of ether oxygens (including phenoxy) is 1. The van der Waals surface area contributed by atoms with Gasteiger partial charge in [0.2, 0.25) is 0 Å². The molecular weight excluding hydrogens is 408 g/mol. The highest BCUT2D eigenvalue weighted by Crippen LogP contribution is 2.37. The Hall–Kier alpha value is -3.82. The molecule has 0 unspecified atom stereocenters. The van der Waals surface area contributed by atoms with Gasteiger partial charge < -0.3 is 15.8 Å². The van der Waals surface area contributed by atoms with Gasteiger partial charge in [0, 0.05) is 23.5 Å². The van der Waals surface area contributed by atoms with E-state index < -0.39 is 29.2 Å². The maximum Gasteiger partial charge on any atom is 0.340 e. The van der Waals surface area contributed by atoms with Crippen molar-refractivity contribution in [1.82, 2.24) is 10.2 Å². The van der Waals surface area contributed by atoms with Crippen LogP contribution in [0, 0.1) is 11.6 Å². The van der Waals surface area contributed by atoms with Gasteiger partial charge in [0.05, 0.1) is 18.4 Å². The second-order valence-electron chi connectivity index (χ2n) is 7.07. The number of halogens is 2. The fourth-order valence-corrected chi connectivity index (χ4v) is 3.66. The van der Waals surface area contributed by atoms with E-state index in [1.54, 1.807) is 6.07 Å². The Morgan fingerprint density at radius 3 is 2.68 bits per heavy atom. The lowest BCUT2D eigenvalue weighted by atomic mass is 9.96. The number of methoxy groups -OCH3 is 1. The Labute approximate surface area is 176 Å². The number of fused-ring (bicyclic) bond motifs is 2. The maximum atomic E-state index is 14.2. The third-order valence-corrected chi connectivity index (χ3v) is 5.18. The van der Waals surface area contributed by atoms with Crippen LogP contribution in [0.2, 0.25) is 0 Å². The Bertz CT molecular complexity index is 1130. The van der Waals surface area contributed by atoms with Crippen molar-refractivity contribution in [2.75, 3.05) is 17.3 Å². The number of nitrogens with one attached hydrogen (secondary N) is 1. The predicted octanol–water partition coefficient (Wildman–Crippen LogP) is 3.24. The molecule has 1 amide bonds. The molecule has 2 aliphatic heterocycles. The van der Waals surface area contributed by atoms with Crippen LogP contribution in [0.4, 0.5) is 20.3 Å². The average molecular weight is 427 g/mol. The van der Waals surface area contributed by atoms with Crippen molar-refractivity contribution in [1.29, 1.82) is 0 Å². The summed E-state index contributed by atoms with van der Waals surface area (Å²) in [4.78, 5) is 26.3. The van der Waals surface area contributed by atoms with Gasteiger partial charge in [-0.05, 0) is 43.5 Å². The van der Waals surface area contributed by atoms with E-state index in [0.29, 0.717) is 12.2 Å². The molecule has 4 rings (SSSR count). The highest BCUT2D eigenvalue weighted by Gasteiger charge is 2.28. The molecular formula is C21H19F2N5O3. The molecule has 0 aliphatic carbocycles. The molecule has 8 nitrogen and oxygen atoms in total. The van der Waals surface area contributed by atoms with E-state index in [4.69, 9.17) is 5.73 Å². The summed E-state index contributed by atoms with van der Waals surface area (Å²) in [6, 6.07) is 4.81. The minimum atomic E-state index is -1.38. The van der Waals surface area contributed by atoms with Gasteiger partial charge in [-0.25, -0.2) is 13.6 Å². The first kappa shape index (κ1) is 20.5. The average Bonchev–Trinajstić information content (AvgIpc) is 2.79. The molecule has 1 saturated heterocycles. The molecule has 160 valence electrons. The maximum absolute atomic E-state index is 14.2. The number of esters is 1. The lowest BCUT2D eigenvalue weighted by Gasteiger charge is -2.36. The molecule has 0 saturated carbocycles. The summed E-state index contributed by atoms with van der Waals surface area (Å²) < 4.78 is 32.5. The van der Waals surface area contributed by atoms with E-state index in [2.05, 4.69) is 20.3 Å². The second kappa shape index (κ2) is 8.13. The zero-order chi connectivity index (χ0) is 22.1. The monoisotopic (exact) mass is 427 g/mol. The number of allylic oxidation sites excluding steroid dienone is 3. The van der Waals surface area contributed by atoms with Gasteiger partial charge in [-0.3, -0.25) is 9.69 Å². The number of amides is 1. The summed E-state index contributed by atoms with van der Waals surface area (Å²) in [5.41, 5.74) is 7.86. The SMILES string of the molecule is COC(=O)c1ccc(F)c(F)c1NC(=O)c1ccc(N2C3=CCC(N)=C2CCC3)nn1. The third-order valence-electron chi connectivity index (χ3n) is 5.18. The summed E-state index contributed by atoms with van der Waals surface area (Å²) in [7, 11) is 1.09. The Balaban J connectivity index is 1.59. The number of hydrogen-bond donors (Lipinski definition) is 2. The molecule has 0 radical (unpaired) electrons. The van der Waals surface area contributed by atoms with Gasteiger partial charge in [-0.15, -0.1) is 10.2 Å². The molecule has 2 aliphatic rings. The predicted molar refractivity (Wildman–Crippen MR) is 108 cm³/mol. The first-order valence-electron chi connectivity index (χ1n) is 9.58. The minimum absolute atomic E-state index is 0.138. The van der Waals surface area contributed by atoms with Crippen LogP contribution in [0.1, 0.15) is 46.5 Å². The lowest BCUT2D eigenvalue weighted by Crippen LogP contribution is -2.32. The summed E-state index contributed by atoms with van der Waals surface area (Å²) in [6.45, 7) is 0. The number of aromatic nitrogens is 2. The van der Waals surface area contributed by atoms with Crippen molar-refractivity contribution in [3.8, 4) is 0 Å². The Kier molecular flexibility index (Phi) is 5.37. The van der Waals surface area contributed by atoms with Crippen molar-refractivity contribution in [3.05, 3.63) is 70.3 Å². The van der Waals surface area contributed by atoms with Gasteiger partial charge in [-0.2, -0.15) is 0 Å². The first-order valence-corrected chi connectivity index (χ1v) is 9.58. The smallest absolute Gasteiger partial charge is 0.340 e. The lowest BCUT2D eigenvalue weighted by molar-refractivity contribution is 0.0601. The summed E-state index contributed by atoms with van der Waals surface area (Å²) in [6.07, 6.45) is 5.43. The second-order valence-corrected chi connectivity index (χ2v) is 7.07. The van der Waals surface area contributed by atoms with Gasteiger partial charge >= 0.3 is 5.97 Å². The standard InChI is InChI=1S/C21H19F2N5O3/c1-31-21(30)12-6-7-13(22)18(23)19(12)25-20(29)15-9-10-17(27-26-15)28-11-3-2-4-16(28)14(24)8-5-11/h5-7,9-10H,2-4,8,24H2,1H3,(H,25,29). The number of rotatable bonds is 4. The van der Waals surface area contributed by atoms with E-state index in [1.807, 2.05) is 11.0 Å². The van der Waals surface area contributed by atoms with E-state index in [1.165, 1.54) is 6.07 Å². The fraction of sp³-hybridized carbons (Fsp3) is 0.238. The third kappa shape index (κ3) is 3.72. The molecule has 1 fully saturated rings. The summed E-state index contributed by atoms with van der Waals surface area (Å²) in [5, 5.41) is 10.2. The molecule has 31 heavy (non-hydrogen) atoms. The van der Waals surface area contributed by atoms with Gasteiger partial charge in [-0.1, -0.05) is 6.08 Å². The van der Waals surface area contributed by atoms with E-state index in [0.717, 1.165) is 55.6 Å². The molecule has 1 aromatic carbocycles. The highest BCUT2D eigenvalue weighted by molar-refractivity contribution is 6.07. The zero-order valence-electron chi connectivity index (χ0n) is 16.6. The Morgan fingerprint density at radius 2 is 1.97 bits per heavy atom. The van der Waals surface area contributed by atoms with Crippen LogP contribution in [-0.2, 0) is 4.74 Å². The van der Waals surface area contributed by atoms with Gasteiger partial charge in [0.1, 0.15) is 0 Å². The fourth-order valence-electron chi connectivity index (χ4n) is 3.66. The highest BCUT2D eigenvalue weighted by atomic mass is 19.2. The van der Waals surface area contributed by atoms with Crippen LogP contribution in [0.5, 0.6) is 0 Å². The number of carbonyl (C=O) groups excluding carboxylic acids is 2.